The second-order valence-electron chi connectivity index (χ2n) is 13.5. The maximum absolute atomic E-state index is 14.5. The molecule has 0 spiro atoms. The smallest absolute Gasteiger partial charge is 0.550 e. The zero-order valence-corrected chi connectivity index (χ0v) is 36.1. The third-order valence-electron chi connectivity index (χ3n) is 10.3. The van der Waals surface area contributed by atoms with E-state index in [1.165, 1.54) is 17.1 Å². The van der Waals surface area contributed by atoms with Crippen molar-refractivity contribution in [3.05, 3.63) is 45.6 Å². The van der Waals surface area contributed by atoms with Crippen molar-refractivity contribution in [3.8, 4) is 11.5 Å². The van der Waals surface area contributed by atoms with Crippen LogP contribution in [0.4, 0.5) is 13.9 Å². The number of hydrogen-bond donors (Lipinski definition) is 5. The number of anilines is 1. The van der Waals surface area contributed by atoms with Gasteiger partial charge >= 0.3 is 59.1 Å². The molecule has 6 rings (SSSR count). The molecule has 1 aromatic carbocycles. The average Bonchev–Trinajstić information content (AvgIpc) is 3.59. The molecular formula is C32H31F2N7Na2O12S2. The Bertz CT molecular complexity index is 2060. The molecular weight excluding hydrogens is 822 g/mol. The third kappa shape index (κ3) is 9.05. The fraction of sp³-hybridized carbons (Fsp3) is 0.438. The van der Waals surface area contributed by atoms with Gasteiger partial charge in [0, 0.05) is 60.8 Å². The van der Waals surface area contributed by atoms with Crippen molar-refractivity contribution < 1.29 is 132 Å². The van der Waals surface area contributed by atoms with Crippen LogP contribution in [0.15, 0.2) is 27.9 Å². The molecule has 294 valence electrons. The third-order valence-corrected chi connectivity index (χ3v) is 12.3. The predicted octanol–water partition coefficient (Wildman–Crippen LogP) is -9.62. The van der Waals surface area contributed by atoms with Crippen LogP contribution in [-0.2, 0) is 28.8 Å². The van der Waals surface area contributed by atoms with Crippen LogP contribution in [0.25, 0.3) is 0 Å². The second-order valence-corrected chi connectivity index (χ2v) is 15.5. The number of fused-ring (bicyclic) bond motifs is 3. The molecule has 3 amide bonds. The van der Waals surface area contributed by atoms with Crippen LogP contribution in [0.3, 0.4) is 0 Å². The minimum atomic E-state index is -2.14. The molecule has 3 saturated heterocycles. The van der Waals surface area contributed by atoms with Crippen LogP contribution < -0.4 is 90.8 Å². The monoisotopic (exact) mass is 853 g/mol. The number of thioether (sulfide) groups is 1. The van der Waals surface area contributed by atoms with Gasteiger partial charge in [0.25, 0.3) is 17.7 Å². The van der Waals surface area contributed by atoms with Gasteiger partial charge in [-0.05, 0) is 6.07 Å². The number of nitrogen functional groups attached to an aromatic ring is 1. The van der Waals surface area contributed by atoms with E-state index in [4.69, 9.17) is 10.6 Å². The topological polar surface area (TPSA) is 300 Å². The Labute approximate surface area is 373 Å². The molecule has 25 heteroatoms. The number of nitrogens with one attached hydrogen (secondary N) is 2. The van der Waals surface area contributed by atoms with Crippen LogP contribution >= 0.6 is 23.1 Å². The van der Waals surface area contributed by atoms with Gasteiger partial charge in [-0.3, -0.25) is 19.3 Å². The summed E-state index contributed by atoms with van der Waals surface area (Å²) in [5, 5.41) is 62.9. The van der Waals surface area contributed by atoms with Crippen molar-refractivity contribution in [2.75, 3.05) is 25.1 Å². The summed E-state index contributed by atoms with van der Waals surface area (Å²) in [6.45, 7) is 0.191. The van der Waals surface area contributed by atoms with Gasteiger partial charge in [-0.25, -0.2) is 13.8 Å². The summed E-state index contributed by atoms with van der Waals surface area (Å²) in [6, 6.07) is -1.50. The predicted molar refractivity (Wildman–Crippen MR) is 178 cm³/mol. The molecule has 4 aliphatic rings. The number of piperidine rings is 1. The number of likely N-dealkylation sites (N-methyl/N-ethyl adjacent to an activating group) is 1. The van der Waals surface area contributed by atoms with Gasteiger partial charge in [0.05, 0.1) is 42.3 Å². The molecule has 0 unspecified atom stereocenters. The average molecular weight is 854 g/mol. The van der Waals surface area contributed by atoms with Crippen LogP contribution in [-0.4, -0.2) is 121 Å². The number of carbonyl (C=O) groups is 6. The summed E-state index contributed by atoms with van der Waals surface area (Å²) >= 11 is 2.05. The fourth-order valence-electron chi connectivity index (χ4n) is 7.60. The number of carbonyl (C=O) groups excluding carboxylic acids is 6. The first-order valence-electron chi connectivity index (χ1n) is 16.5. The van der Waals surface area contributed by atoms with Crippen molar-refractivity contribution in [3.63, 3.8) is 0 Å². The molecule has 2 bridgehead atoms. The zero-order valence-electron chi connectivity index (χ0n) is 30.5. The number of hydrogen-bond acceptors (Lipinski definition) is 17. The molecule has 4 aliphatic heterocycles. The number of β-lactam (4-membered cyclic amide) rings is 1. The zero-order chi connectivity index (χ0) is 40.1. The standard InChI is InChI=1S/C32H33F2N7O12S2.2Na/c1-41(13-2-3-14(41)5-12(4-13)36-26(46)15-6-16(33)24(44)25(45)20(15)34)8-11-9-54-29-22(28(48)40(29)23(11)31(51)52)38-27(47)21(17-10-55-32(35)37-17)39-53-18(30(49)50)7-19(42)43;;/h6,10,12-14,18,22,29H,2-5,7-9H2,1H3,(H8-,35,36,37,38,39,42,43,44,45,46,47,49,50,51,52);;/q;2*+1/p-2/t12?,13-,14-,18+,22-,29-,41?;;/m1../s1. The molecule has 0 aliphatic carbocycles. The molecule has 0 radical (unpaired) electrons. The molecule has 2 aromatic rings. The molecule has 57 heavy (non-hydrogen) atoms. The summed E-state index contributed by atoms with van der Waals surface area (Å²) in [4.78, 5) is 84.3. The maximum atomic E-state index is 14.5. The number of benzene rings is 1. The van der Waals surface area contributed by atoms with E-state index >= 15 is 0 Å². The number of quaternary nitrogens is 1. The summed E-state index contributed by atoms with van der Waals surface area (Å²) < 4.78 is 28.8. The number of phenols is 2. The van der Waals surface area contributed by atoms with Crippen LogP contribution in [0.5, 0.6) is 11.5 Å². The van der Waals surface area contributed by atoms with Gasteiger partial charge in [-0.15, -0.1) is 23.1 Å². The van der Waals surface area contributed by atoms with Crippen molar-refractivity contribution >= 4 is 69.6 Å². The first-order chi connectivity index (χ1) is 25.9. The van der Waals surface area contributed by atoms with Gasteiger partial charge in [0.1, 0.15) is 23.7 Å². The van der Waals surface area contributed by atoms with Gasteiger partial charge in [0.15, 0.2) is 40.1 Å². The Morgan fingerprint density at radius 2 is 1.75 bits per heavy atom. The molecule has 5 heterocycles. The molecule has 6 N–H and O–H groups in total. The Kier molecular flexibility index (Phi) is 14.7. The first kappa shape index (κ1) is 46.1. The molecule has 3 fully saturated rings. The second kappa shape index (κ2) is 18.2. The van der Waals surface area contributed by atoms with E-state index in [0.29, 0.717) is 41.8 Å². The quantitative estimate of drug-likeness (QED) is 0.0312. The Balaban J connectivity index is 0.00000360. The van der Waals surface area contributed by atoms with E-state index in [-0.39, 0.29) is 100 Å². The number of nitrogens with zero attached hydrogens (tertiary/aromatic N) is 4. The number of carboxylic acids is 3. The molecule has 1 aromatic heterocycles. The van der Waals surface area contributed by atoms with Crippen LogP contribution in [0.2, 0.25) is 0 Å². The number of phenolic OH excluding ortho intramolecular Hbond substituents is 2. The number of oxime groups is 1. The van der Waals surface area contributed by atoms with Crippen molar-refractivity contribution in [1.29, 1.82) is 0 Å². The van der Waals surface area contributed by atoms with Crippen molar-refractivity contribution in [2.24, 2.45) is 5.16 Å². The Morgan fingerprint density at radius 1 is 1.11 bits per heavy atom. The van der Waals surface area contributed by atoms with E-state index in [1.54, 1.807) is 0 Å². The maximum Gasteiger partial charge on any atom is 1.00 e. The summed E-state index contributed by atoms with van der Waals surface area (Å²) in [6.07, 6.45) is -1.13. The number of thiazole rings is 1. The van der Waals surface area contributed by atoms with E-state index < -0.39 is 100 Å². The molecule has 5 atom stereocenters. The molecule has 0 saturated carbocycles. The number of nitrogens with two attached hydrogens (primary N) is 1. The first-order valence-corrected chi connectivity index (χ1v) is 18.4. The minimum absolute atomic E-state index is 0. The number of aliphatic carboxylic acids is 3. The Hall–Kier alpha value is -3.55. The fourth-order valence-corrected chi connectivity index (χ4v) is 9.48. The van der Waals surface area contributed by atoms with Gasteiger partial charge in [0.2, 0.25) is 0 Å². The van der Waals surface area contributed by atoms with E-state index in [9.17, 15) is 63.1 Å². The van der Waals surface area contributed by atoms with E-state index in [1.807, 2.05) is 7.05 Å². The number of amides is 3. The van der Waals surface area contributed by atoms with E-state index in [0.717, 1.165) is 16.2 Å². The van der Waals surface area contributed by atoms with Crippen molar-refractivity contribution in [1.82, 2.24) is 20.5 Å². The SMILES string of the molecule is C[N+]1(CC2=C(C(=O)[O-])N3C(=O)[C@@H](NC(=O)/C(=N\O[C@@H](CC(=O)[O-])C(=O)[O-])c4csc(N)n4)[C@H]3SC2)[C@@H]2CC[C@@H]1CC(NC(=O)c1cc(F)c(O)c(O)c1F)C2.[Na+].[Na+]. The summed E-state index contributed by atoms with van der Waals surface area (Å²) in [7, 11) is 1.93. The summed E-state index contributed by atoms with van der Waals surface area (Å²) in [5.41, 5.74) is 4.06. The largest absolute Gasteiger partial charge is 1.00 e. The Morgan fingerprint density at radius 3 is 2.32 bits per heavy atom. The van der Waals surface area contributed by atoms with Gasteiger partial charge in [-0.1, -0.05) is 5.16 Å². The molecule has 19 nitrogen and oxygen atoms in total. The number of aromatic nitrogens is 1. The van der Waals surface area contributed by atoms with E-state index in [2.05, 4.69) is 20.8 Å². The van der Waals surface area contributed by atoms with Gasteiger partial charge < -0.3 is 65.6 Å². The van der Waals surface area contributed by atoms with Gasteiger partial charge in [-0.2, -0.15) is 0 Å². The number of carboxylic acid groups (broad SMARTS) is 3. The minimum Gasteiger partial charge on any atom is -0.550 e. The number of aromatic hydroxyl groups is 2. The number of halogens is 2. The normalized spacial score (nSPS) is 25.5. The number of rotatable bonds is 13. The van der Waals surface area contributed by atoms with Crippen molar-refractivity contribution in [2.45, 2.75) is 67.7 Å². The summed E-state index contributed by atoms with van der Waals surface area (Å²) in [5.74, 6) is -13.7. The van der Waals surface area contributed by atoms with Crippen LogP contribution in [0.1, 0.15) is 48.2 Å². The van der Waals surface area contributed by atoms with Crippen LogP contribution in [0, 0.1) is 11.6 Å².